The monoisotopic (exact) mass is 676 g/mol. The first kappa shape index (κ1) is 25.6. The molecule has 0 aromatic heterocycles. The Kier molecular flexibility index (Phi) is 8.08. The van der Waals surface area contributed by atoms with E-state index in [2.05, 4.69) is 71.4 Å². The average Bonchev–Trinajstić information content (AvgIpc) is 3.45. The van der Waals surface area contributed by atoms with E-state index in [1.807, 2.05) is 71.9 Å². The number of anilines is 1. The Morgan fingerprint density at radius 3 is 2.13 bits per heavy atom. The molecule has 0 saturated heterocycles. The second-order valence-electron chi connectivity index (χ2n) is 8.50. The summed E-state index contributed by atoms with van der Waals surface area (Å²) in [4.78, 5) is 0. The van der Waals surface area contributed by atoms with Gasteiger partial charge in [0.1, 0.15) is 0 Å². The first-order chi connectivity index (χ1) is 18.3. The van der Waals surface area contributed by atoms with E-state index in [1.165, 1.54) is 11.1 Å². The van der Waals surface area contributed by atoms with Gasteiger partial charge in [0.25, 0.3) is 0 Å². The molecule has 0 radical (unpaired) electrons. The fourth-order valence-electron chi connectivity index (χ4n) is 4.08. The second-order valence-corrected chi connectivity index (χ2v) is 8.50. The Hall–Kier alpha value is -4.05. The zero-order valence-corrected chi connectivity index (χ0v) is 22.6. The van der Waals surface area contributed by atoms with Crippen molar-refractivity contribution in [3.8, 4) is 28.4 Å². The minimum atomic E-state index is 0. The summed E-state index contributed by atoms with van der Waals surface area (Å²) in [5.41, 5.74) is 10.2. The SMILES string of the molecule is [Pt+4].[c-]1c(OC2=CC=CC[N-]2)cccc1Oc1[c-]c(N2C=C(c3ccc(-c4ccccc4)cc3)C[N-]2)ccc1. The summed E-state index contributed by atoms with van der Waals surface area (Å²) in [6, 6.07) is 36.7. The predicted molar refractivity (Wildman–Crippen MR) is 147 cm³/mol. The zero-order valence-electron chi connectivity index (χ0n) is 20.4. The summed E-state index contributed by atoms with van der Waals surface area (Å²) in [7, 11) is 0. The summed E-state index contributed by atoms with van der Waals surface area (Å²) in [6.07, 6.45) is 7.75. The van der Waals surface area contributed by atoms with Crippen LogP contribution in [-0.2, 0) is 21.1 Å². The van der Waals surface area contributed by atoms with Crippen molar-refractivity contribution in [3.63, 3.8) is 0 Å². The van der Waals surface area contributed by atoms with Crippen LogP contribution in [0.1, 0.15) is 5.56 Å². The number of benzene rings is 4. The van der Waals surface area contributed by atoms with E-state index in [-0.39, 0.29) is 21.1 Å². The fraction of sp³-hybridized carbons (Fsp3) is 0.0625. The molecule has 38 heavy (non-hydrogen) atoms. The van der Waals surface area contributed by atoms with Crippen LogP contribution in [0.25, 0.3) is 27.4 Å². The molecule has 0 saturated carbocycles. The minimum absolute atomic E-state index is 0. The molecule has 0 fully saturated rings. The van der Waals surface area contributed by atoms with Crippen molar-refractivity contribution in [2.24, 2.45) is 0 Å². The molecule has 6 rings (SSSR count). The largest absolute Gasteiger partial charge is 4.00 e. The predicted octanol–water partition coefficient (Wildman–Crippen LogP) is 8.06. The Bertz CT molecular complexity index is 1480. The van der Waals surface area contributed by atoms with Crippen LogP contribution in [-0.4, -0.2) is 13.1 Å². The Balaban J connectivity index is 0.00000294. The van der Waals surface area contributed by atoms with Crippen molar-refractivity contribution in [2.75, 3.05) is 18.1 Å². The smallest absolute Gasteiger partial charge is 0.650 e. The quantitative estimate of drug-likeness (QED) is 0.186. The average molecular weight is 677 g/mol. The van der Waals surface area contributed by atoms with Gasteiger partial charge < -0.3 is 25.2 Å². The summed E-state index contributed by atoms with van der Waals surface area (Å²) in [5.74, 6) is 2.20. The molecule has 4 aromatic carbocycles. The van der Waals surface area contributed by atoms with Crippen LogP contribution in [0, 0.1) is 12.1 Å². The number of rotatable bonds is 7. The van der Waals surface area contributed by atoms with Gasteiger partial charge in [0.15, 0.2) is 0 Å². The van der Waals surface area contributed by atoms with E-state index in [0.29, 0.717) is 36.2 Å². The maximum absolute atomic E-state index is 6.03. The van der Waals surface area contributed by atoms with Gasteiger partial charge in [0, 0.05) is 23.1 Å². The molecular weight excluding hydrogens is 653 g/mol. The van der Waals surface area contributed by atoms with E-state index in [0.717, 1.165) is 16.8 Å². The van der Waals surface area contributed by atoms with Crippen LogP contribution in [0.5, 0.6) is 17.2 Å². The Labute approximate surface area is 237 Å². The van der Waals surface area contributed by atoms with Crippen molar-refractivity contribution < 1.29 is 30.5 Å². The normalized spacial score (nSPS) is 14.2. The van der Waals surface area contributed by atoms with Crippen LogP contribution in [0.4, 0.5) is 5.69 Å². The van der Waals surface area contributed by atoms with Gasteiger partial charge in [-0.2, -0.15) is 12.1 Å². The van der Waals surface area contributed by atoms with Gasteiger partial charge in [-0.05, 0) is 34.5 Å². The zero-order chi connectivity index (χ0) is 24.9. The van der Waals surface area contributed by atoms with Crippen LogP contribution < -0.4 is 14.5 Å². The van der Waals surface area contributed by atoms with Gasteiger partial charge in [-0.25, -0.2) is 0 Å². The van der Waals surface area contributed by atoms with Crippen molar-refractivity contribution in [1.82, 2.24) is 0 Å². The van der Waals surface area contributed by atoms with Gasteiger partial charge >= 0.3 is 21.1 Å². The number of ether oxygens (including phenoxy) is 2. The molecule has 2 aliphatic rings. The summed E-state index contributed by atoms with van der Waals surface area (Å²) in [5, 5.41) is 6.15. The van der Waals surface area contributed by atoms with Crippen molar-refractivity contribution in [1.29, 1.82) is 0 Å². The van der Waals surface area contributed by atoms with E-state index in [4.69, 9.17) is 9.47 Å². The number of hydrogen-bond donors (Lipinski definition) is 0. The Morgan fingerprint density at radius 1 is 0.684 bits per heavy atom. The number of nitrogens with zero attached hydrogens (tertiary/aromatic N) is 3. The molecule has 4 aromatic rings. The molecule has 0 atom stereocenters. The molecule has 0 amide bonds. The van der Waals surface area contributed by atoms with E-state index in [1.54, 1.807) is 0 Å². The maximum Gasteiger partial charge on any atom is 4.00 e. The number of hydrogen-bond acceptors (Lipinski definition) is 3. The third-order valence-corrected chi connectivity index (χ3v) is 5.94. The number of allylic oxidation sites excluding steroid dienone is 2. The van der Waals surface area contributed by atoms with E-state index < -0.39 is 0 Å². The maximum atomic E-state index is 6.03. The van der Waals surface area contributed by atoms with Gasteiger partial charge in [0.05, 0.1) is 0 Å². The molecule has 2 heterocycles. The molecule has 0 unspecified atom stereocenters. The van der Waals surface area contributed by atoms with Crippen molar-refractivity contribution in [3.05, 3.63) is 150 Å². The molecule has 0 aliphatic carbocycles. The molecule has 6 heteroatoms. The second kappa shape index (κ2) is 12.0. The summed E-state index contributed by atoms with van der Waals surface area (Å²) >= 11 is 0. The first-order valence-corrected chi connectivity index (χ1v) is 12.1. The van der Waals surface area contributed by atoms with Crippen LogP contribution in [0.15, 0.2) is 121 Å². The van der Waals surface area contributed by atoms with Crippen molar-refractivity contribution >= 4 is 11.3 Å². The van der Waals surface area contributed by atoms with Crippen LogP contribution in [0.3, 0.4) is 0 Å². The first-order valence-electron chi connectivity index (χ1n) is 12.1. The fourth-order valence-corrected chi connectivity index (χ4v) is 4.08. The molecule has 188 valence electrons. The van der Waals surface area contributed by atoms with Gasteiger partial charge in [-0.1, -0.05) is 72.4 Å². The summed E-state index contributed by atoms with van der Waals surface area (Å²) < 4.78 is 11.8. The molecule has 5 nitrogen and oxygen atoms in total. The van der Waals surface area contributed by atoms with Gasteiger partial charge in [0.2, 0.25) is 0 Å². The van der Waals surface area contributed by atoms with Crippen molar-refractivity contribution in [2.45, 2.75) is 0 Å². The topological polar surface area (TPSA) is 49.9 Å². The molecule has 0 bridgehead atoms. The third-order valence-electron chi connectivity index (χ3n) is 5.94. The Morgan fingerprint density at radius 2 is 1.37 bits per heavy atom. The van der Waals surface area contributed by atoms with Gasteiger partial charge in [-0.3, -0.25) is 0 Å². The molecule has 2 aliphatic heterocycles. The van der Waals surface area contributed by atoms with Gasteiger partial charge in [-0.15, -0.1) is 49.5 Å². The minimum Gasteiger partial charge on any atom is -0.650 e. The standard InChI is InChI=1S/C32H23N3O2.Pt/c1-2-8-24(9-3-1)25-15-17-26(18-16-25)27-22-34-35(23-27)28-10-6-11-29(20-28)36-30-12-7-13-31(21-30)37-32-14-4-5-19-33-32;/h1-18,23H,19,22H2;/q-4;+4. The van der Waals surface area contributed by atoms with Crippen LogP contribution in [0.2, 0.25) is 0 Å². The van der Waals surface area contributed by atoms with E-state index in [9.17, 15) is 0 Å². The summed E-state index contributed by atoms with van der Waals surface area (Å²) in [6.45, 7) is 1.22. The van der Waals surface area contributed by atoms with Crippen LogP contribution >= 0.6 is 0 Å². The molecule has 0 spiro atoms. The van der Waals surface area contributed by atoms with E-state index >= 15 is 0 Å². The third kappa shape index (κ3) is 6.08. The molecule has 0 N–H and O–H groups in total. The molecular formula is C32H23N3O2Pt.